The number of aromatic hydroxyl groups is 1. The molecular weight excluding hydrogens is 346 g/mol. The third-order valence-corrected chi connectivity index (χ3v) is 4.62. The summed E-state index contributed by atoms with van der Waals surface area (Å²) in [6.07, 6.45) is 3.37. The number of ether oxygens (including phenoxy) is 2. The van der Waals surface area contributed by atoms with Crippen LogP contribution in [0.15, 0.2) is 36.4 Å². The van der Waals surface area contributed by atoms with Crippen LogP contribution in [-0.4, -0.2) is 23.9 Å². The van der Waals surface area contributed by atoms with E-state index in [2.05, 4.69) is 12.2 Å². The first-order valence-corrected chi connectivity index (χ1v) is 9.07. The van der Waals surface area contributed by atoms with Crippen molar-refractivity contribution < 1.29 is 24.2 Å². The van der Waals surface area contributed by atoms with Crippen molar-refractivity contribution in [3.05, 3.63) is 42.0 Å². The van der Waals surface area contributed by atoms with Crippen LogP contribution >= 0.6 is 0 Å². The molecule has 2 aromatic rings. The second-order valence-corrected chi connectivity index (χ2v) is 6.55. The molecule has 27 heavy (non-hydrogen) atoms. The molecule has 142 valence electrons. The third-order valence-electron chi connectivity index (χ3n) is 4.62. The first-order valence-electron chi connectivity index (χ1n) is 9.07. The van der Waals surface area contributed by atoms with Crippen molar-refractivity contribution in [3.63, 3.8) is 0 Å². The largest absolute Gasteiger partial charge is 0.508 e. The standard InChI is InChI=1S/C21H23NO5/c1-3-4-5-6-16-20(24)17-11-15(26-2)12-18(19(17)22-21(16)25)27-14-9-7-13(23)8-10-14/h7-12,16,23H,3-6H2,1-2H3,(H,22,25). The maximum absolute atomic E-state index is 12.9. The van der Waals surface area contributed by atoms with E-state index in [1.54, 1.807) is 24.3 Å². The van der Waals surface area contributed by atoms with Gasteiger partial charge in [0.25, 0.3) is 0 Å². The number of carbonyl (C=O) groups is 2. The second-order valence-electron chi connectivity index (χ2n) is 6.55. The van der Waals surface area contributed by atoms with Gasteiger partial charge in [-0.15, -0.1) is 0 Å². The maximum atomic E-state index is 12.9. The number of phenols is 1. The number of anilines is 1. The predicted molar refractivity (Wildman–Crippen MR) is 102 cm³/mol. The van der Waals surface area contributed by atoms with Crippen molar-refractivity contribution in [1.82, 2.24) is 0 Å². The molecule has 0 radical (unpaired) electrons. The fourth-order valence-corrected chi connectivity index (χ4v) is 3.13. The van der Waals surface area contributed by atoms with Crippen molar-refractivity contribution in [3.8, 4) is 23.0 Å². The fraction of sp³-hybridized carbons (Fsp3) is 0.333. The Morgan fingerprint density at radius 2 is 1.81 bits per heavy atom. The lowest BCUT2D eigenvalue weighted by molar-refractivity contribution is -0.119. The topological polar surface area (TPSA) is 84.9 Å². The first-order chi connectivity index (χ1) is 13.0. The highest BCUT2D eigenvalue weighted by atomic mass is 16.5. The van der Waals surface area contributed by atoms with E-state index in [1.165, 1.54) is 19.2 Å². The molecule has 0 saturated carbocycles. The van der Waals surface area contributed by atoms with Gasteiger partial charge < -0.3 is 19.9 Å². The number of nitrogens with one attached hydrogen (secondary N) is 1. The van der Waals surface area contributed by atoms with Crippen LogP contribution < -0.4 is 14.8 Å². The number of fused-ring (bicyclic) bond motifs is 1. The molecule has 0 spiro atoms. The van der Waals surface area contributed by atoms with Crippen LogP contribution in [0.25, 0.3) is 0 Å². The SMILES string of the molecule is CCCCCC1C(=O)Nc2c(Oc3ccc(O)cc3)cc(OC)cc2C1=O. The number of phenolic OH excluding ortho intramolecular Hbond substituents is 1. The summed E-state index contributed by atoms with van der Waals surface area (Å²) in [6.45, 7) is 2.08. The zero-order chi connectivity index (χ0) is 19.4. The number of unbranched alkanes of at least 4 members (excludes halogenated alkanes) is 2. The van der Waals surface area contributed by atoms with Gasteiger partial charge in [0, 0.05) is 11.6 Å². The monoisotopic (exact) mass is 369 g/mol. The lowest BCUT2D eigenvalue weighted by Gasteiger charge is -2.26. The van der Waals surface area contributed by atoms with Crippen molar-refractivity contribution >= 4 is 17.4 Å². The van der Waals surface area contributed by atoms with Crippen LogP contribution in [0.2, 0.25) is 0 Å². The van der Waals surface area contributed by atoms with Crippen LogP contribution in [0.3, 0.4) is 0 Å². The van der Waals surface area contributed by atoms with Gasteiger partial charge in [0.2, 0.25) is 5.91 Å². The van der Waals surface area contributed by atoms with E-state index >= 15 is 0 Å². The Hall–Kier alpha value is -3.02. The zero-order valence-electron chi connectivity index (χ0n) is 15.5. The molecule has 1 amide bonds. The molecule has 1 aliphatic rings. The van der Waals surface area contributed by atoms with Gasteiger partial charge >= 0.3 is 0 Å². The lowest BCUT2D eigenvalue weighted by Crippen LogP contribution is -2.35. The molecule has 2 N–H and O–H groups in total. The van der Waals surface area contributed by atoms with Gasteiger partial charge in [-0.1, -0.05) is 26.2 Å². The lowest BCUT2D eigenvalue weighted by atomic mass is 9.87. The molecule has 1 atom stereocenters. The molecule has 3 rings (SSSR count). The molecule has 0 aromatic heterocycles. The number of rotatable bonds is 7. The molecule has 6 heteroatoms. The number of benzene rings is 2. The predicted octanol–water partition coefficient (Wildman–Crippen LogP) is 4.52. The number of hydrogen-bond donors (Lipinski definition) is 2. The summed E-state index contributed by atoms with van der Waals surface area (Å²) >= 11 is 0. The van der Waals surface area contributed by atoms with E-state index < -0.39 is 5.92 Å². The van der Waals surface area contributed by atoms with Crippen molar-refractivity contribution in [2.45, 2.75) is 32.6 Å². The van der Waals surface area contributed by atoms with Gasteiger partial charge in [0.05, 0.1) is 12.8 Å². The normalized spacial score (nSPS) is 15.9. The van der Waals surface area contributed by atoms with Gasteiger partial charge in [-0.05, 0) is 36.8 Å². The Bertz CT molecular complexity index is 844. The molecule has 0 bridgehead atoms. The number of hydrogen-bond acceptors (Lipinski definition) is 5. The minimum Gasteiger partial charge on any atom is -0.508 e. The van der Waals surface area contributed by atoms with Crippen molar-refractivity contribution in [2.75, 3.05) is 12.4 Å². The summed E-state index contributed by atoms with van der Waals surface area (Å²) in [6, 6.07) is 9.44. The zero-order valence-corrected chi connectivity index (χ0v) is 15.5. The van der Waals surface area contributed by atoms with Crippen LogP contribution in [-0.2, 0) is 4.79 Å². The summed E-state index contributed by atoms with van der Waals surface area (Å²) in [4.78, 5) is 25.4. The Morgan fingerprint density at radius 3 is 2.48 bits per heavy atom. The van der Waals surface area contributed by atoms with E-state index in [-0.39, 0.29) is 17.4 Å². The highest BCUT2D eigenvalue weighted by molar-refractivity contribution is 6.21. The van der Waals surface area contributed by atoms with Gasteiger partial charge in [0.15, 0.2) is 11.5 Å². The molecule has 1 heterocycles. The molecule has 1 unspecified atom stereocenters. The summed E-state index contributed by atoms with van der Waals surface area (Å²) < 4.78 is 11.1. The Labute approximate surface area is 158 Å². The van der Waals surface area contributed by atoms with E-state index in [0.29, 0.717) is 34.9 Å². The second kappa shape index (κ2) is 8.12. The summed E-state index contributed by atoms with van der Waals surface area (Å²) in [7, 11) is 1.51. The van der Waals surface area contributed by atoms with Crippen LogP contribution in [0, 0.1) is 5.92 Å². The van der Waals surface area contributed by atoms with Gasteiger partial charge in [-0.2, -0.15) is 0 Å². The van der Waals surface area contributed by atoms with E-state index in [4.69, 9.17) is 9.47 Å². The summed E-state index contributed by atoms with van der Waals surface area (Å²) in [5.41, 5.74) is 0.745. The minimum atomic E-state index is -0.683. The number of methoxy groups -OCH3 is 1. The summed E-state index contributed by atoms with van der Waals surface area (Å²) in [5, 5.41) is 12.2. The highest BCUT2D eigenvalue weighted by Crippen LogP contribution is 2.41. The highest BCUT2D eigenvalue weighted by Gasteiger charge is 2.36. The van der Waals surface area contributed by atoms with E-state index in [9.17, 15) is 14.7 Å². The van der Waals surface area contributed by atoms with Crippen LogP contribution in [0.1, 0.15) is 43.0 Å². The van der Waals surface area contributed by atoms with Crippen LogP contribution in [0.5, 0.6) is 23.0 Å². The van der Waals surface area contributed by atoms with E-state index in [0.717, 1.165) is 19.3 Å². The van der Waals surface area contributed by atoms with Gasteiger partial charge in [-0.3, -0.25) is 9.59 Å². The maximum Gasteiger partial charge on any atom is 0.235 e. The quantitative estimate of drug-likeness (QED) is 0.553. The number of ketones is 1. The molecule has 0 fully saturated rings. The Morgan fingerprint density at radius 1 is 1.07 bits per heavy atom. The third kappa shape index (κ3) is 4.05. The molecule has 2 aromatic carbocycles. The molecule has 6 nitrogen and oxygen atoms in total. The number of amides is 1. The summed E-state index contributed by atoms with van der Waals surface area (Å²) in [5.74, 6) is 0.188. The average Bonchev–Trinajstić information content (AvgIpc) is 2.66. The number of Topliss-reactive ketones (excluding diaryl/α,β-unsaturated/α-hetero) is 1. The van der Waals surface area contributed by atoms with Gasteiger partial charge in [0.1, 0.15) is 23.2 Å². The average molecular weight is 369 g/mol. The fourth-order valence-electron chi connectivity index (χ4n) is 3.13. The smallest absolute Gasteiger partial charge is 0.235 e. The molecular formula is C21H23NO5. The van der Waals surface area contributed by atoms with Gasteiger partial charge in [-0.25, -0.2) is 0 Å². The Balaban J connectivity index is 1.95. The van der Waals surface area contributed by atoms with Crippen LogP contribution in [0.4, 0.5) is 5.69 Å². The molecule has 0 saturated heterocycles. The Kier molecular flexibility index (Phi) is 5.64. The first kappa shape index (κ1) is 18.8. The van der Waals surface area contributed by atoms with Crippen molar-refractivity contribution in [2.24, 2.45) is 5.92 Å². The van der Waals surface area contributed by atoms with E-state index in [1.807, 2.05) is 0 Å². The number of carbonyl (C=O) groups excluding carboxylic acids is 2. The minimum absolute atomic E-state index is 0.119. The van der Waals surface area contributed by atoms with Crippen molar-refractivity contribution in [1.29, 1.82) is 0 Å². The molecule has 0 aliphatic carbocycles. The molecule has 1 aliphatic heterocycles.